The van der Waals surface area contributed by atoms with Gasteiger partial charge in [-0.1, -0.05) is 19.1 Å². The van der Waals surface area contributed by atoms with Gasteiger partial charge in [-0.25, -0.2) is 4.79 Å². The predicted molar refractivity (Wildman–Crippen MR) is 80.2 cm³/mol. The second-order valence-electron chi connectivity index (χ2n) is 4.84. The molecule has 1 aromatic carbocycles. The monoisotopic (exact) mass is 294 g/mol. The number of urea groups is 1. The maximum atomic E-state index is 12.2. The molecule has 1 rings (SSSR count). The summed E-state index contributed by atoms with van der Waals surface area (Å²) >= 11 is 0. The molecule has 0 aliphatic heterocycles. The number of rotatable bonds is 7. The van der Waals surface area contributed by atoms with Crippen LogP contribution < -0.4 is 5.32 Å². The summed E-state index contributed by atoms with van der Waals surface area (Å²) in [5, 5.41) is 11.7. The Labute approximate surface area is 124 Å². The maximum absolute atomic E-state index is 12.2. The van der Waals surface area contributed by atoms with Crippen LogP contribution in [0.15, 0.2) is 24.3 Å². The number of aliphatic carboxylic acids is 1. The van der Waals surface area contributed by atoms with Crippen molar-refractivity contribution in [2.75, 3.05) is 25.5 Å². The normalized spacial score (nSPS) is 11.8. The average molecular weight is 294 g/mol. The van der Waals surface area contributed by atoms with Crippen molar-refractivity contribution >= 4 is 17.7 Å². The van der Waals surface area contributed by atoms with E-state index in [1.54, 1.807) is 20.1 Å². The van der Waals surface area contributed by atoms with E-state index in [4.69, 9.17) is 9.84 Å². The molecule has 0 spiro atoms. The van der Waals surface area contributed by atoms with Crippen LogP contribution in [0.25, 0.3) is 0 Å². The molecule has 6 heteroatoms. The zero-order valence-corrected chi connectivity index (χ0v) is 12.6. The highest BCUT2D eigenvalue weighted by atomic mass is 16.5. The van der Waals surface area contributed by atoms with Crippen LogP contribution in [0, 0.1) is 5.92 Å². The number of nitrogens with one attached hydrogen (secondary N) is 1. The number of carboxylic acids is 1. The molecule has 0 heterocycles. The van der Waals surface area contributed by atoms with Crippen molar-refractivity contribution in [1.29, 1.82) is 0 Å². The van der Waals surface area contributed by atoms with Gasteiger partial charge in [0.05, 0.1) is 12.5 Å². The third-order valence-electron chi connectivity index (χ3n) is 3.07. The summed E-state index contributed by atoms with van der Waals surface area (Å²) in [5.41, 5.74) is 1.62. The molecule has 1 aromatic rings. The van der Waals surface area contributed by atoms with Gasteiger partial charge in [0, 0.05) is 25.9 Å². The van der Waals surface area contributed by atoms with E-state index < -0.39 is 11.9 Å². The average Bonchev–Trinajstić information content (AvgIpc) is 2.44. The summed E-state index contributed by atoms with van der Waals surface area (Å²) in [6, 6.07) is 7.05. The summed E-state index contributed by atoms with van der Waals surface area (Å²) in [6.07, 6.45) is 0. The van der Waals surface area contributed by atoms with Gasteiger partial charge in [-0.3, -0.25) is 4.79 Å². The zero-order chi connectivity index (χ0) is 15.8. The Bertz CT molecular complexity index is 490. The van der Waals surface area contributed by atoms with Crippen molar-refractivity contribution < 1.29 is 19.4 Å². The number of anilines is 1. The van der Waals surface area contributed by atoms with Crippen LogP contribution in [0.5, 0.6) is 0 Å². The SMILES string of the molecule is CCN(CC(C)C(=O)O)C(=O)Nc1cccc(COC)c1. The molecule has 0 bridgehead atoms. The molecule has 0 fully saturated rings. The Morgan fingerprint density at radius 2 is 2.14 bits per heavy atom. The van der Waals surface area contributed by atoms with Crippen LogP contribution in [-0.4, -0.2) is 42.2 Å². The number of methoxy groups -OCH3 is 1. The lowest BCUT2D eigenvalue weighted by Crippen LogP contribution is -2.39. The van der Waals surface area contributed by atoms with Gasteiger partial charge in [0.1, 0.15) is 0 Å². The Balaban J connectivity index is 2.69. The summed E-state index contributed by atoms with van der Waals surface area (Å²) in [6.45, 7) is 4.49. The van der Waals surface area contributed by atoms with Crippen LogP contribution in [0.2, 0.25) is 0 Å². The minimum absolute atomic E-state index is 0.176. The van der Waals surface area contributed by atoms with Gasteiger partial charge in [0.15, 0.2) is 0 Å². The second kappa shape index (κ2) is 8.26. The van der Waals surface area contributed by atoms with Crippen LogP contribution in [0.1, 0.15) is 19.4 Å². The predicted octanol–water partition coefficient (Wildman–Crippen LogP) is 2.41. The Morgan fingerprint density at radius 1 is 1.43 bits per heavy atom. The highest BCUT2D eigenvalue weighted by Gasteiger charge is 2.19. The van der Waals surface area contributed by atoms with Gasteiger partial charge in [-0.15, -0.1) is 0 Å². The lowest BCUT2D eigenvalue weighted by atomic mass is 10.2. The molecule has 2 amide bonds. The van der Waals surface area contributed by atoms with Crippen LogP contribution in [0.4, 0.5) is 10.5 Å². The minimum Gasteiger partial charge on any atom is -0.481 e. The lowest BCUT2D eigenvalue weighted by Gasteiger charge is -2.23. The van der Waals surface area contributed by atoms with Crippen molar-refractivity contribution in [3.8, 4) is 0 Å². The molecule has 116 valence electrons. The van der Waals surface area contributed by atoms with E-state index in [9.17, 15) is 9.59 Å². The summed E-state index contributed by atoms with van der Waals surface area (Å²) in [4.78, 5) is 24.5. The number of carbonyl (C=O) groups is 2. The molecule has 0 saturated carbocycles. The molecule has 0 aliphatic carbocycles. The fourth-order valence-electron chi connectivity index (χ4n) is 1.87. The van der Waals surface area contributed by atoms with Gasteiger partial charge in [-0.05, 0) is 24.6 Å². The largest absolute Gasteiger partial charge is 0.481 e. The van der Waals surface area contributed by atoms with Gasteiger partial charge in [-0.2, -0.15) is 0 Å². The Morgan fingerprint density at radius 3 is 2.71 bits per heavy atom. The molecule has 1 unspecified atom stereocenters. The molecule has 0 aromatic heterocycles. The lowest BCUT2D eigenvalue weighted by molar-refractivity contribution is -0.141. The van der Waals surface area contributed by atoms with Gasteiger partial charge < -0.3 is 20.1 Å². The van der Waals surface area contributed by atoms with E-state index in [2.05, 4.69) is 5.32 Å². The second-order valence-corrected chi connectivity index (χ2v) is 4.84. The third kappa shape index (κ3) is 5.43. The first-order valence-corrected chi connectivity index (χ1v) is 6.84. The third-order valence-corrected chi connectivity index (χ3v) is 3.07. The number of ether oxygens (including phenoxy) is 1. The van der Waals surface area contributed by atoms with Crippen molar-refractivity contribution in [3.63, 3.8) is 0 Å². The summed E-state index contributed by atoms with van der Waals surface area (Å²) < 4.78 is 5.05. The quantitative estimate of drug-likeness (QED) is 0.809. The number of amides is 2. The number of nitrogens with zero attached hydrogens (tertiary/aromatic N) is 1. The first kappa shape index (κ1) is 17.0. The van der Waals surface area contributed by atoms with Crippen LogP contribution >= 0.6 is 0 Å². The van der Waals surface area contributed by atoms with E-state index in [0.717, 1.165) is 5.56 Å². The van der Waals surface area contributed by atoms with Crippen LogP contribution in [-0.2, 0) is 16.1 Å². The highest BCUT2D eigenvalue weighted by molar-refractivity contribution is 5.89. The standard InChI is InChI=1S/C15H22N2O4/c1-4-17(9-11(2)14(18)19)15(20)16-13-7-5-6-12(8-13)10-21-3/h5-8,11H,4,9-10H2,1-3H3,(H,16,20)(H,18,19). The molecule has 21 heavy (non-hydrogen) atoms. The molecular weight excluding hydrogens is 272 g/mol. The maximum Gasteiger partial charge on any atom is 0.321 e. The van der Waals surface area contributed by atoms with Crippen molar-refractivity contribution in [2.24, 2.45) is 5.92 Å². The van der Waals surface area contributed by atoms with Gasteiger partial charge >= 0.3 is 12.0 Å². The summed E-state index contributed by atoms with van der Waals surface area (Å²) in [7, 11) is 1.61. The highest BCUT2D eigenvalue weighted by Crippen LogP contribution is 2.13. The fraction of sp³-hybridized carbons (Fsp3) is 0.467. The molecule has 6 nitrogen and oxygen atoms in total. The molecule has 1 atom stereocenters. The number of benzene rings is 1. The minimum atomic E-state index is -0.914. The molecular formula is C15H22N2O4. The van der Waals surface area contributed by atoms with Crippen LogP contribution in [0.3, 0.4) is 0 Å². The number of carboxylic acid groups (broad SMARTS) is 1. The van der Waals surface area contributed by atoms with E-state index in [1.807, 2.05) is 25.1 Å². The van der Waals surface area contributed by atoms with Crippen molar-refractivity contribution in [3.05, 3.63) is 29.8 Å². The smallest absolute Gasteiger partial charge is 0.321 e. The van der Waals surface area contributed by atoms with Gasteiger partial charge in [0.2, 0.25) is 0 Å². The number of hydrogen-bond donors (Lipinski definition) is 2. The van der Waals surface area contributed by atoms with Crippen molar-refractivity contribution in [1.82, 2.24) is 4.90 Å². The molecule has 0 aliphatic rings. The van der Waals surface area contributed by atoms with E-state index in [0.29, 0.717) is 18.8 Å². The van der Waals surface area contributed by atoms with Gasteiger partial charge in [0.25, 0.3) is 0 Å². The summed E-state index contributed by atoms with van der Waals surface area (Å²) in [5.74, 6) is -1.51. The molecule has 0 radical (unpaired) electrons. The number of hydrogen-bond acceptors (Lipinski definition) is 3. The number of carbonyl (C=O) groups excluding carboxylic acids is 1. The van der Waals surface area contributed by atoms with E-state index >= 15 is 0 Å². The molecule has 2 N–H and O–H groups in total. The fourth-order valence-corrected chi connectivity index (χ4v) is 1.87. The zero-order valence-electron chi connectivity index (χ0n) is 12.6. The first-order valence-electron chi connectivity index (χ1n) is 6.84. The Kier molecular flexibility index (Phi) is 6.68. The Hall–Kier alpha value is -2.08. The van der Waals surface area contributed by atoms with Crippen molar-refractivity contribution in [2.45, 2.75) is 20.5 Å². The van der Waals surface area contributed by atoms with E-state index in [-0.39, 0.29) is 12.6 Å². The van der Waals surface area contributed by atoms with E-state index in [1.165, 1.54) is 4.90 Å². The molecule has 0 saturated heterocycles. The first-order chi connectivity index (χ1) is 9.97. The topological polar surface area (TPSA) is 78.9 Å².